The van der Waals surface area contributed by atoms with E-state index in [-0.39, 0.29) is 12.3 Å². The van der Waals surface area contributed by atoms with Gasteiger partial charge in [-0.15, -0.1) is 11.3 Å². The van der Waals surface area contributed by atoms with Crippen molar-refractivity contribution in [2.45, 2.75) is 13.3 Å². The number of anilines is 1. The van der Waals surface area contributed by atoms with Gasteiger partial charge in [-0.25, -0.2) is 4.98 Å². The second kappa shape index (κ2) is 7.67. The zero-order valence-corrected chi connectivity index (χ0v) is 15.8. The lowest BCUT2D eigenvalue weighted by molar-refractivity contribution is -0.115. The van der Waals surface area contributed by atoms with E-state index in [2.05, 4.69) is 15.7 Å². The second-order valence-corrected chi connectivity index (χ2v) is 7.04. The zero-order valence-electron chi connectivity index (χ0n) is 14.2. The molecule has 0 saturated carbocycles. The van der Waals surface area contributed by atoms with Gasteiger partial charge in [-0.1, -0.05) is 0 Å². The lowest BCUT2D eigenvalue weighted by Gasteiger charge is -2.13. The molecule has 0 aliphatic rings. The van der Waals surface area contributed by atoms with Crippen LogP contribution in [0.5, 0.6) is 11.5 Å². The molecule has 2 heterocycles. The fraction of sp³-hybridized carbons (Fsp3) is 0.222. The predicted octanol–water partition coefficient (Wildman–Crippen LogP) is 4.38. The summed E-state index contributed by atoms with van der Waals surface area (Å²) >= 11 is 3.18. The molecule has 2 aromatic heterocycles. The van der Waals surface area contributed by atoms with Crippen LogP contribution in [-0.2, 0) is 11.2 Å². The van der Waals surface area contributed by atoms with Crippen LogP contribution in [0.4, 0.5) is 5.69 Å². The van der Waals surface area contributed by atoms with Crippen molar-refractivity contribution in [2.75, 3.05) is 19.5 Å². The molecular formula is C18H18N2O3S2. The van der Waals surface area contributed by atoms with Crippen LogP contribution in [0.1, 0.15) is 11.3 Å². The first kappa shape index (κ1) is 17.4. The third-order valence-corrected chi connectivity index (χ3v) is 5.29. The molecule has 0 saturated heterocycles. The van der Waals surface area contributed by atoms with Crippen LogP contribution in [0.15, 0.2) is 34.3 Å². The number of aryl methyl sites for hydroxylation is 1. The maximum Gasteiger partial charge on any atom is 0.230 e. The van der Waals surface area contributed by atoms with Crippen molar-refractivity contribution in [3.8, 4) is 22.1 Å². The van der Waals surface area contributed by atoms with Gasteiger partial charge in [0, 0.05) is 28.1 Å². The summed E-state index contributed by atoms with van der Waals surface area (Å²) in [5, 5.41) is 9.85. The summed E-state index contributed by atoms with van der Waals surface area (Å²) in [6.45, 7) is 1.91. The summed E-state index contributed by atoms with van der Waals surface area (Å²) in [7, 11) is 3.16. The first-order valence-electron chi connectivity index (χ1n) is 7.60. The minimum atomic E-state index is -0.113. The van der Waals surface area contributed by atoms with E-state index in [9.17, 15) is 4.79 Å². The number of thiophene rings is 1. The molecule has 3 aromatic rings. The molecule has 25 heavy (non-hydrogen) atoms. The molecule has 0 bridgehead atoms. The van der Waals surface area contributed by atoms with Gasteiger partial charge in [0.15, 0.2) is 11.5 Å². The van der Waals surface area contributed by atoms with Crippen molar-refractivity contribution in [1.29, 1.82) is 0 Å². The van der Waals surface area contributed by atoms with E-state index < -0.39 is 0 Å². The molecule has 130 valence electrons. The van der Waals surface area contributed by atoms with Gasteiger partial charge >= 0.3 is 0 Å². The Balaban J connectivity index is 1.71. The van der Waals surface area contributed by atoms with E-state index in [1.807, 2.05) is 29.8 Å². The Morgan fingerprint density at radius 2 is 1.96 bits per heavy atom. The highest BCUT2D eigenvalue weighted by Crippen LogP contribution is 2.33. The van der Waals surface area contributed by atoms with E-state index in [0.717, 1.165) is 21.8 Å². The smallest absolute Gasteiger partial charge is 0.230 e. The normalized spacial score (nSPS) is 10.5. The molecule has 0 atom stereocenters. The summed E-state index contributed by atoms with van der Waals surface area (Å²) in [6, 6.07) is 5.64. The number of hydrogen-bond acceptors (Lipinski definition) is 6. The minimum absolute atomic E-state index is 0.113. The highest BCUT2D eigenvalue weighted by molar-refractivity contribution is 7.14. The fourth-order valence-electron chi connectivity index (χ4n) is 2.38. The topological polar surface area (TPSA) is 60.5 Å². The number of ether oxygens (including phenoxy) is 2. The first-order valence-corrected chi connectivity index (χ1v) is 9.42. The van der Waals surface area contributed by atoms with Gasteiger partial charge in [0.1, 0.15) is 5.01 Å². The van der Waals surface area contributed by atoms with Crippen molar-refractivity contribution in [1.82, 2.24) is 4.98 Å². The molecule has 0 unspecified atom stereocenters. The first-order chi connectivity index (χ1) is 12.1. The number of carbonyl (C=O) groups is 1. The largest absolute Gasteiger partial charge is 0.493 e. The molecule has 3 rings (SSSR count). The van der Waals surface area contributed by atoms with Crippen LogP contribution in [0.2, 0.25) is 0 Å². The van der Waals surface area contributed by atoms with Crippen molar-refractivity contribution < 1.29 is 14.3 Å². The number of aromatic nitrogens is 1. The average Bonchev–Trinajstić information content (AvgIpc) is 3.27. The van der Waals surface area contributed by atoms with Crippen LogP contribution >= 0.6 is 22.7 Å². The van der Waals surface area contributed by atoms with Crippen molar-refractivity contribution >= 4 is 34.3 Å². The Morgan fingerprint density at radius 1 is 1.20 bits per heavy atom. The number of amides is 1. The van der Waals surface area contributed by atoms with Gasteiger partial charge in [0.2, 0.25) is 5.91 Å². The van der Waals surface area contributed by atoms with Crippen molar-refractivity contribution in [3.63, 3.8) is 0 Å². The maximum absolute atomic E-state index is 12.4. The quantitative estimate of drug-likeness (QED) is 0.696. The summed E-state index contributed by atoms with van der Waals surface area (Å²) in [6.07, 6.45) is 0.231. The SMILES string of the molecule is COc1cc(C)c(NC(=O)Cc2csc(-c3ccsc3)n2)cc1OC. The van der Waals surface area contributed by atoms with Crippen LogP contribution in [-0.4, -0.2) is 25.1 Å². The molecule has 0 fully saturated rings. The number of rotatable bonds is 6. The Bertz CT molecular complexity index is 873. The Hall–Kier alpha value is -2.38. The van der Waals surface area contributed by atoms with Gasteiger partial charge in [-0.05, 0) is 30.0 Å². The lowest BCUT2D eigenvalue weighted by Crippen LogP contribution is -2.15. The van der Waals surface area contributed by atoms with Gasteiger partial charge in [-0.2, -0.15) is 11.3 Å². The zero-order chi connectivity index (χ0) is 17.8. The molecule has 5 nitrogen and oxygen atoms in total. The molecule has 1 aromatic carbocycles. The number of benzene rings is 1. The Labute approximate surface area is 154 Å². The van der Waals surface area contributed by atoms with Gasteiger partial charge < -0.3 is 14.8 Å². The number of nitrogens with one attached hydrogen (secondary N) is 1. The van der Waals surface area contributed by atoms with E-state index >= 15 is 0 Å². The number of methoxy groups -OCH3 is 2. The number of carbonyl (C=O) groups excluding carboxylic acids is 1. The van der Waals surface area contributed by atoms with Gasteiger partial charge in [0.25, 0.3) is 0 Å². The minimum Gasteiger partial charge on any atom is -0.493 e. The molecule has 7 heteroatoms. The van der Waals surface area contributed by atoms with Crippen LogP contribution in [0.25, 0.3) is 10.6 Å². The van der Waals surface area contributed by atoms with Crippen LogP contribution in [0.3, 0.4) is 0 Å². The third-order valence-electron chi connectivity index (χ3n) is 3.67. The molecule has 1 amide bonds. The molecule has 0 spiro atoms. The summed E-state index contributed by atoms with van der Waals surface area (Å²) < 4.78 is 10.6. The molecule has 0 aliphatic heterocycles. The maximum atomic E-state index is 12.4. The molecule has 0 aliphatic carbocycles. The van der Waals surface area contributed by atoms with Crippen molar-refractivity contribution in [2.24, 2.45) is 0 Å². The highest BCUT2D eigenvalue weighted by Gasteiger charge is 2.13. The van der Waals surface area contributed by atoms with E-state index in [1.165, 1.54) is 0 Å². The predicted molar refractivity (Wildman–Crippen MR) is 102 cm³/mol. The third kappa shape index (κ3) is 4.00. The van der Waals surface area contributed by atoms with Crippen molar-refractivity contribution in [3.05, 3.63) is 45.6 Å². The lowest BCUT2D eigenvalue weighted by atomic mass is 10.1. The Morgan fingerprint density at radius 3 is 2.64 bits per heavy atom. The fourth-order valence-corrected chi connectivity index (χ4v) is 3.91. The van der Waals surface area contributed by atoms with Crippen LogP contribution < -0.4 is 14.8 Å². The monoisotopic (exact) mass is 374 g/mol. The second-order valence-electron chi connectivity index (χ2n) is 5.40. The highest BCUT2D eigenvalue weighted by atomic mass is 32.1. The number of nitrogens with zero attached hydrogens (tertiary/aromatic N) is 1. The number of hydrogen-bond donors (Lipinski definition) is 1. The molecular weight excluding hydrogens is 356 g/mol. The standard InChI is InChI=1S/C18H18N2O3S2/c1-11-6-15(22-2)16(23-3)8-14(11)20-17(21)7-13-10-25-18(19-13)12-4-5-24-9-12/h4-6,8-10H,7H2,1-3H3,(H,20,21). The van der Waals surface area contributed by atoms with E-state index in [4.69, 9.17) is 9.47 Å². The van der Waals surface area contributed by atoms with Gasteiger partial charge in [0.05, 0.1) is 26.3 Å². The van der Waals surface area contributed by atoms with E-state index in [1.54, 1.807) is 43.0 Å². The number of thiazole rings is 1. The summed E-state index contributed by atoms with van der Waals surface area (Å²) in [4.78, 5) is 16.9. The summed E-state index contributed by atoms with van der Waals surface area (Å²) in [5.41, 5.74) is 3.47. The van der Waals surface area contributed by atoms with Crippen LogP contribution in [0, 0.1) is 6.92 Å². The van der Waals surface area contributed by atoms with Gasteiger partial charge in [-0.3, -0.25) is 4.79 Å². The molecule has 0 radical (unpaired) electrons. The average molecular weight is 374 g/mol. The molecule has 1 N–H and O–H groups in total. The van der Waals surface area contributed by atoms with E-state index in [0.29, 0.717) is 17.2 Å². The summed E-state index contributed by atoms with van der Waals surface area (Å²) in [5.74, 6) is 1.10. The Kier molecular flexibility index (Phi) is 5.35.